The highest BCUT2D eigenvalue weighted by molar-refractivity contribution is 7.93. The first-order valence-corrected chi connectivity index (χ1v) is 10.7. The molecule has 7 nitrogen and oxygen atoms in total. The molecular formula is C18H16ClF3N2O5S. The number of rotatable bonds is 6. The zero-order chi connectivity index (χ0) is 22.7. The maximum atomic E-state index is 12.7. The largest absolute Gasteiger partial charge is 0.456 e. The number of carbonyl (C=O) groups excluding carboxylic acids is 1. The van der Waals surface area contributed by atoms with Gasteiger partial charge in [-0.2, -0.15) is 17.5 Å². The van der Waals surface area contributed by atoms with Crippen LogP contribution in [0, 0.1) is 10.1 Å². The average molecular weight is 465 g/mol. The van der Waals surface area contributed by atoms with Crippen molar-refractivity contribution in [2.24, 2.45) is 4.36 Å². The van der Waals surface area contributed by atoms with E-state index in [1.165, 1.54) is 0 Å². The summed E-state index contributed by atoms with van der Waals surface area (Å²) in [5.41, 5.74) is -2.02. The van der Waals surface area contributed by atoms with E-state index in [-0.39, 0.29) is 28.0 Å². The van der Waals surface area contributed by atoms with Crippen LogP contribution in [0.3, 0.4) is 0 Å². The Bertz CT molecular complexity index is 1100. The third-order valence-electron chi connectivity index (χ3n) is 4.03. The fourth-order valence-electron chi connectivity index (χ4n) is 2.33. The van der Waals surface area contributed by atoms with Gasteiger partial charge >= 0.3 is 6.18 Å². The number of alkyl halides is 3. The number of halogens is 4. The molecule has 0 heterocycles. The van der Waals surface area contributed by atoms with E-state index in [4.69, 9.17) is 16.3 Å². The molecule has 0 N–H and O–H groups in total. The summed E-state index contributed by atoms with van der Waals surface area (Å²) in [7, 11) is -2.87. The van der Waals surface area contributed by atoms with Crippen LogP contribution in [-0.4, -0.2) is 26.5 Å². The van der Waals surface area contributed by atoms with E-state index in [0.717, 1.165) is 30.3 Å². The monoisotopic (exact) mass is 464 g/mol. The van der Waals surface area contributed by atoms with E-state index in [0.29, 0.717) is 6.07 Å². The lowest BCUT2D eigenvalue weighted by molar-refractivity contribution is -0.385. The molecule has 0 fully saturated rings. The molecule has 0 atom stereocenters. The van der Waals surface area contributed by atoms with Crippen LogP contribution in [0.25, 0.3) is 0 Å². The zero-order valence-electron chi connectivity index (χ0n) is 15.7. The van der Waals surface area contributed by atoms with Gasteiger partial charge in [0.25, 0.3) is 11.6 Å². The van der Waals surface area contributed by atoms with Crippen molar-refractivity contribution in [2.75, 3.05) is 11.5 Å². The number of hydrogen-bond donors (Lipinski definition) is 0. The SMILES string of the molecule is CCS(=O)(CC)=NC(=O)c1cc(Oc2ccc(C(F)(F)F)cc2Cl)ccc1[N+](=O)[O-]. The lowest BCUT2D eigenvalue weighted by Gasteiger charge is -2.12. The fourth-order valence-corrected chi connectivity index (χ4v) is 3.62. The molecule has 0 saturated carbocycles. The number of ether oxygens (including phenoxy) is 1. The lowest BCUT2D eigenvalue weighted by atomic mass is 10.1. The van der Waals surface area contributed by atoms with Crippen molar-refractivity contribution in [1.29, 1.82) is 0 Å². The molecule has 2 aromatic rings. The van der Waals surface area contributed by atoms with Gasteiger partial charge in [0.1, 0.15) is 17.1 Å². The first-order valence-electron chi connectivity index (χ1n) is 8.50. The molecule has 0 saturated heterocycles. The van der Waals surface area contributed by atoms with Gasteiger partial charge in [-0.15, -0.1) is 0 Å². The predicted octanol–water partition coefficient (Wildman–Crippen LogP) is 5.71. The van der Waals surface area contributed by atoms with Crippen molar-refractivity contribution >= 4 is 32.9 Å². The Kier molecular flexibility index (Phi) is 7.09. The van der Waals surface area contributed by atoms with Crippen LogP contribution in [0.15, 0.2) is 40.8 Å². The van der Waals surface area contributed by atoms with Crippen LogP contribution >= 0.6 is 11.6 Å². The minimum absolute atomic E-state index is 0.0837. The molecule has 2 aromatic carbocycles. The van der Waals surface area contributed by atoms with E-state index in [9.17, 15) is 32.3 Å². The van der Waals surface area contributed by atoms with Gasteiger partial charge in [-0.05, 0) is 24.3 Å². The van der Waals surface area contributed by atoms with E-state index in [2.05, 4.69) is 4.36 Å². The standard InChI is InChI=1S/C18H16ClF3N2O5S/c1-3-30(28,4-2)23-17(25)13-10-12(6-7-15(13)24(26)27)29-16-8-5-11(9-14(16)19)18(20,21)22/h5-10H,3-4H2,1-2H3. The molecule has 1 amide bonds. The Labute approximate surface area is 175 Å². The highest BCUT2D eigenvalue weighted by atomic mass is 35.5. The number of amides is 1. The van der Waals surface area contributed by atoms with Crippen LogP contribution in [0.1, 0.15) is 29.8 Å². The Morgan fingerprint density at radius 3 is 2.33 bits per heavy atom. The summed E-state index contributed by atoms with van der Waals surface area (Å²) in [6, 6.07) is 5.55. The molecule has 0 spiro atoms. The first-order chi connectivity index (χ1) is 13.9. The van der Waals surface area contributed by atoms with Crippen molar-refractivity contribution < 1.29 is 31.8 Å². The third-order valence-corrected chi connectivity index (χ3v) is 6.63. The highest BCUT2D eigenvalue weighted by Crippen LogP contribution is 2.37. The molecule has 0 bridgehead atoms. The van der Waals surface area contributed by atoms with Crippen LogP contribution in [0.4, 0.5) is 18.9 Å². The summed E-state index contributed by atoms with van der Waals surface area (Å²) < 4.78 is 59.7. The normalized spacial score (nSPS) is 11.8. The summed E-state index contributed by atoms with van der Waals surface area (Å²) in [5.74, 6) is -1.14. The molecule has 0 aliphatic rings. The molecule has 0 aliphatic carbocycles. The van der Waals surface area contributed by atoms with E-state index >= 15 is 0 Å². The molecular weight excluding hydrogens is 449 g/mol. The second-order valence-electron chi connectivity index (χ2n) is 5.93. The Balaban J connectivity index is 2.48. The van der Waals surface area contributed by atoms with Crippen molar-refractivity contribution in [3.05, 3.63) is 62.7 Å². The fraction of sp³-hybridized carbons (Fsp3) is 0.278. The van der Waals surface area contributed by atoms with Gasteiger partial charge in [-0.1, -0.05) is 25.4 Å². The Hall–Kier alpha value is -2.66. The van der Waals surface area contributed by atoms with Crippen LogP contribution in [0.2, 0.25) is 5.02 Å². The van der Waals surface area contributed by atoms with Gasteiger partial charge in [0.15, 0.2) is 0 Å². The number of nitro benzene ring substituents is 1. The van der Waals surface area contributed by atoms with Crippen molar-refractivity contribution in [3.8, 4) is 11.5 Å². The third kappa shape index (κ3) is 5.48. The van der Waals surface area contributed by atoms with Crippen LogP contribution in [-0.2, 0) is 15.9 Å². The van der Waals surface area contributed by atoms with Crippen molar-refractivity contribution in [1.82, 2.24) is 0 Å². The summed E-state index contributed by atoms with van der Waals surface area (Å²) in [6.07, 6.45) is -4.59. The summed E-state index contributed by atoms with van der Waals surface area (Å²) in [5, 5.41) is 10.9. The lowest BCUT2D eigenvalue weighted by Crippen LogP contribution is -2.11. The molecule has 30 heavy (non-hydrogen) atoms. The van der Waals surface area contributed by atoms with Crippen LogP contribution in [0.5, 0.6) is 11.5 Å². The summed E-state index contributed by atoms with van der Waals surface area (Å²) in [4.78, 5) is 22.9. The number of nitro groups is 1. The van der Waals surface area contributed by atoms with Crippen molar-refractivity contribution in [2.45, 2.75) is 20.0 Å². The van der Waals surface area contributed by atoms with Gasteiger partial charge < -0.3 is 4.74 Å². The van der Waals surface area contributed by atoms with E-state index in [1.54, 1.807) is 13.8 Å². The highest BCUT2D eigenvalue weighted by Gasteiger charge is 2.31. The van der Waals surface area contributed by atoms with E-state index in [1.807, 2.05) is 0 Å². The number of benzene rings is 2. The number of nitrogens with zero attached hydrogens (tertiary/aromatic N) is 2. The maximum absolute atomic E-state index is 12.7. The second kappa shape index (κ2) is 9.00. The molecule has 0 aliphatic heterocycles. The molecule has 12 heteroatoms. The second-order valence-corrected chi connectivity index (χ2v) is 9.22. The van der Waals surface area contributed by atoms with Gasteiger partial charge in [-0.25, -0.2) is 4.21 Å². The smallest absolute Gasteiger partial charge is 0.416 e. The summed E-state index contributed by atoms with van der Waals surface area (Å²) >= 11 is 5.84. The number of hydrogen-bond acceptors (Lipinski definition) is 5. The minimum Gasteiger partial charge on any atom is -0.456 e. The quantitative estimate of drug-likeness (QED) is 0.403. The predicted molar refractivity (Wildman–Crippen MR) is 106 cm³/mol. The van der Waals surface area contributed by atoms with Gasteiger partial charge in [0, 0.05) is 23.6 Å². The summed E-state index contributed by atoms with van der Waals surface area (Å²) in [6.45, 7) is 3.15. The molecule has 2 rings (SSSR count). The number of carbonyl (C=O) groups is 1. The average Bonchev–Trinajstić information content (AvgIpc) is 2.68. The maximum Gasteiger partial charge on any atom is 0.416 e. The van der Waals surface area contributed by atoms with Gasteiger partial charge in [0.05, 0.1) is 25.2 Å². The van der Waals surface area contributed by atoms with E-state index < -0.39 is 43.6 Å². The Morgan fingerprint density at radius 2 is 1.83 bits per heavy atom. The molecule has 0 unspecified atom stereocenters. The zero-order valence-corrected chi connectivity index (χ0v) is 17.3. The molecule has 162 valence electrons. The van der Waals surface area contributed by atoms with Crippen LogP contribution < -0.4 is 4.74 Å². The van der Waals surface area contributed by atoms with Crippen molar-refractivity contribution in [3.63, 3.8) is 0 Å². The minimum atomic E-state index is -4.59. The first kappa shape index (κ1) is 23.6. The molecule has 0 aromatic heterocycles. The van der Waals surface area contributed by atoms with Gasteiger partial charge in [-0.3, -0.25) is 14.9 Å². The molecule has 0 radical (unpaired) electrons. The Morgan fingerprint density at radius 1 is 1.20 bits per heavy atom. The van der Waals surface area contributed by atoms with Gasteiger partial charge in [0.2, 0.25) is 0 Å². The topological polar surface area (TPSA) is 98.9 Å².